The zero-order valence-corrected chi connectivity index (χ0v) is 5.81. The van der Waals surface area contributed by atoms with E-state index >= 15 is 0 Å². The van der Waals surface area contributed by atoms with Gasteiger partial charge in [-0.1, -0.05) is 0 Å². The van der Waals surface area contributed by atoms with Crippen LogP contribution >= 0.6 is 0 Å². The molecule has 1 heterocycles. The molecule has 0 aliphatic heterocycles. The van der Waals surface area contributed by atoms with Crippen molar-refractivity contribution in [3.8, 4) is 0 Å². The first-order valence-corrected chi connectivity index (χ1v) is 2.95. The maximum Gasteiger partial charge on any atom is 0.333 e. The lowest BCUT2D eigenvalue weighted by Crippen LogP contribution is -2.39. The summed E-state index contributed by atoms with van der Waals surface area (Å²) in [6, 6.07) is 0. The second-order valence-corrected chi connectivity index (χ2v) is 2.23. The van der Waals surface area contributed by atoms with E-state index in [0.29, 0.717) is 4.68 Å². The molecular formula is C4H7N3O5. The number of aliphatic hydroxyl groups is 3. The number of aromatic nitrogens is 3. The lowest BCUT2D eigenvalue weighted by Gasteiger charge is -2.12. The van der Waals surface area contributed by atoms with Crippen LogP contribution in [0, 0.1) is 0 Å². The van der Waals surface area contributed by atoms with E-state index in [2.05, 4.69) is 0 Å². The number of hydrogen-bond donors (Lipinski definition) is 5. The second kappa shape index (κ2) is 2.59. The average molecular weight is 177 g/mol. The molecule has 1 rings (SSSR count). The molecule has 5 N–H and O–H groups in total. The summed E-state index contributed by atoms with van der Waals surface area (Å²) in [5.74, 6) is -3.02. The topological polar surface area (TPSA) is 131 Å². The minimum Gasteiger partial charge on any atom is -0.342 e. The van der Waals surface area contributed by atoms with Gasteiger partial charge in [0.05, 0.1) is 0 Å². The van der Waals surface area contributed by atoms with Gasteiger partial charge >= 0.3 is 11.1 Å². The molecular weight excluding hydrogens is 170 g/mol. The van der Waals surface area contributed by atoms with Crippen molar-refractivity contribution in [1.29, 1.82) is 0 Å². The van der Waals surface area contributed by atoms with Crippen LogP contribution in [0.25, 0.3) is 0 Å². The van der Waals surface area contributed by atoms with Crippen LogP contribution < -0.4 is 11.1 Å². The molecule has 1 aromatic rings. The van der Waals surface area contributed by atoms with Crippen LogP contribution in [0.5, 0.6) is 0 Å². The quantitative estimate of drug-likeness (QED) is 0.236. The molecule has 0 aliphatic carbocycles. The molecule has 8 heteroatoms. The number of nitrogens with zero attached hydrogens (tertiary/aromatic N) is 1. The van der Waals surface area contributed by atoms with Crippen molar-refractivity contribution < 1.29 is 15.3 Å². The molecule has 12 heavy (non-hydrogen) atoms. The van der Waals surface area contributed by atoms with Gasteiger partial charge in [0.15, 0.2) is 0 Å². The largest absolute Gasteiger partial charge is 0.342 e. The number of hydrogen-bond acceptors (Lipinski definition) is 5. The van der Waals surface area contributed by atoms with Crippen molar-refractivity contribution in [3.63, 3.8) is 0 Å². The smallest absolute Gasteiger partial charge is 0.333 e. The van der Waals surface area contributed by atoms with Crippen molar-refractivity contribution in [2.45, 2.75) is 12.5 Å². The van der Waals surface area contributed by atoms with Crippen molar-refractivity contribution in [1.82, 2.24) is 15.0 Å². The fraction of sp³-hybridized carbons (Fsp3) is 0.500. The van der Waals surface area contributed by atoms with Gasteiger partial charge in [-0.15, -0.1) is 0 Å². The van der Waals surface area contributed by atoms with Crippen molar-refractivity contribution in [3.05, 3.63) is 20.7 Å². The van der Waals surface area contributed by atoms with E-state index in [1.54, 1.807) is 0 Å². The standard InChI is InChI=1S/C4H7N3O5/c8-2-3(9)7(6-5-2)1-4(10,11)12/h6,10-12H,1H2,(H,5,8). The predicted octanol–water partition coefficient (Wildman–Crippen LogP) is -3.50. The first kappa shape index (κ1) is 8.71. The summed E-state index contributed by atoms with van der Waals surface area (Å²) in [6.45, 7) is -0.829. The second-order valence-electron chi connectivity index (χ2n) is 2.23. The third kappa shape index (κ3) is 1.81. The number of H-pyrrole nitrogens is 2. The first-order chi connectivity index (χ1) is 5.40. The molecule has 0 unspecified atom stereocenters. The SMILES string of the molecule is O=c1[nH][nH]n(CC(O)(O)O)c1=O. The monoisotopic (exact) mass is 177 g/mol. The van der Waals surface area contributed by atoms with E-state index in [1.165, 1.54) is 0 Å². The Kier molecular flexibility index (Phi) is 1.88. The van der Waals surface area contributed by atoms with Crippen molar-refractivity contribution in [2.75, 3.05) is 0 Å². The lowest BCUT2D eigenvalue weighted by molar-refractivity contribution is -0.319. The van der Waals surface area contributed by atoms with Crippen LogP contribution in [0.1, 0.15) is 0 Å². The van der Waals surface area contributed by atoms with Gasteiger partial charge in [0.25, 0.3) is 5.97 Å². The molecule has 0 aromatic carbocycles. The van der Waals surface area contributed by atoms with Crippen LogP contribution in [0.3, 0.4) is 0 Å². The molecule has 0 fully saturated rings. The molecule has 68 valence electrons. The average Bonchev–Trinajstić information content (AvgIpc) is 2.16. The van der Waals surface area contributed by atoms with Gasteiger partial charge in [0.1, 0.15) is 6.54 Å². The summed E-state index contributed by atoms with van der Waals surface area (Å²) in [7, 11) is 0. The number of nitrogens with one attached hydrogen (secondary N) is 2. The van der Waals surface area contributed by atoms with E-state index < -0.39 is 23.6 Å². The summed E-state index contributed by atoms with van der Waals surface area (Å²) in [6.07, 6.45) is 0. The summed E-state index contributed by atoms with van der Waals surface area (Å²) in [5.41, 5.74) is -1.93. The summed E-state index contributed by atoms with van der Waals surface area (Å²) >= 11 is 0. The summed E-state index contributed by atoms with van der Waals surface area (Å²) in [5, 5.41) is 29.2. The Balaban J connectivity index is 2.99. The molecule has 0 spiro atoms. The molecule has 0 atom stereocenters. The van der Waals surface area contributed by atoms with E-state index in [1.807, 2.05) is 10.3 Å². The Bertz CT molecular complexity index is 365. The predicted molar refractivity (Wildman–Crippen MR) is 35.1 cm³/mol. The highest BCUT2D eigenvalue weighted by Gasteiger charge is 2.20. The summed E-state index contributed by atoms with van der Waals surface area (Å²) in [4.78, 5) is 21.2. The molecule has 0 saturated heterocycles. The molecule has 0 amide bonds. The third-order valence-electron chi connectivity index (χ3n) is 1.11. The van der Waals surface area contributed by atoms with Gasteiger partial charge < -0.3 is 15.3 Å². The number of aromatic amines is 2. The molecule has 1 aromatic heterocycles. The molecule has 0 aliphatic rings. The van der Waals surface area contributed by atoms with Gasteiger partial charge in [0, 0.05) is 0 Å². The molecule has 0 bridgehead atoms. The van der Waals surface area contributed by atoms with Gasteiger partial charge in [-0.3, -0.25) is 9.59 Å². The van der Waals surface area contributed by atoms with E-state index in [-0.39, 0.29) is 0 Å². The normalized spacial score (nSPS) is 11.9. The minimum absolute atomic E-state index is 0.530. The van der Waals surface area contributed by atoms with Gasteiger partial charge in [0.2, 0.25) is 0 Å². The Hall–Kier alpha value is -1.38. The van der Waals surface area contributed by atoms with Crippen LogP contribution in [0.4, 0.5) is 0 Å². The Morgan fingerprint density at radius 3 is 2.25 bits per heavy atom. The highest BCUT2D eigenvalue weighted by Crippen LogP contribution is 1.92. The van der Waals surface area contributed by atoms with Gasteiger partial charge in [-0.2, -0.15) is 0 Å². The Labute approximate surface area is 64.7 Å². The Morgan fingerprint density at radius 2 is 1.92 bits per heavy atom. The van der Waals surface area contributed by atoms with Gasteiger partial charge in [-0.05, 0) is 0 Å². The van der Waals surface area contributed by atoms with Crippen molar-refractivity contribution in [2.24, 2.45) is 0 Å². The maximum atomic E-state index is 10.7. The highest BCUT2D eigenvalue weighted by molar-refractivity contribution is 4.71. The zero-order chi connectivity index (χ0) is 9.35. The lowest BCUT2D eigenvalue weighted by atomic mass is 10.5. The van der Waals surface area contributed by atoms with Crippen LogP contribution in [-0.4, -0.2) is 36.3 Å². The molecule has 0 saturated carbocycles. The maximum absolute atomic E-state index is 10.7. The summed E-state index contributed by atoms with van der Waals surface area (Å²) < 4.78 is 0.530. The first-order valence-electron chi connectivity index (χ1n) is 2.95. The fourth-order valence-electron chi connectivity index (χ4n) is 0.669. The van der Waals surface area contributed by atoms with Gasteiger partial charge in [-0.25, -0.2) is 15.0 Å². The fourth-order valence-corrected chi connectivity index (χ4v) is 0.669. The van der Waals surface area contributed by atoms with Crippen LogP contribution in [0.2, 0.25) is 0 Å². The minimum atomic E-state index is -3.02. The third-order valence-corrected chi connectivity index (χ3v) is 1.11. The zero-order valence-electron chi connectivity index (χ0n) is 5.81. The number of rotatable bonds is 2. The van der Waals surface area contributed by atoms with E-state index in [4.69, 9.17) is 15.3 Å². The van der Waals surface area contributed by atoms with E-state index in [9.17, 15) is 9.59 Å². The molecule has 0 radical (unpaired) electrons. The highest BCUT2D eigenvalue weighted by atomic mass is 16.7. The van der Waals surface area contributed by atoms with Crippen molar-refractivity contribution >= 4 is 0 Å². The van der Waals surface area contributed by atoms with E-state index in [0.717, 1.165) is 0 Å². The van der Waals surface area contributed by atoms with Crippen LogP contribution in [0.15, 0.2) is 9.59 Å². The Morgan fingerprint density at radius 1 is 1.33 bits per heavy atom. The van der Waals surface area contributed by atoms with Crippen LogP contribution in [-0.2, 0) is 6.54 Å². The molecule has 8 nitrogen and oxygen atoms in total.